The molecule has 3 rings (SSSR count). The number of rotatable bonds is 0. The van der Waals surface area contributed by atoms with Crippen LogP contribution in [-0.2, 0) is 4.79 Å². The molecule has 2 nitrogen and oxygen atoms in total. The largest absolute Gasteiger partial charge is 0.350 e. The Bertz CT molecular complexity index is 386. The second-order valence-corrected chi connectivity index (χ2v) is 6.69. The van der Waals surface area contributed by atoms with Crippen LogP contribution in [0.25, 0.3) is 0 Å². The van der Waals surface area contributed by atoms with Gasteiger partial charge in [-0.3, -0.25) is 4.79 Å². The van der Waals surface area contributed by atoms with Crippen LogP contribution < -0.4 is 5.32 Å². The molecule has 15 heavy (non-hydrogen) atoms. The first kappa shape index (κ1) is 9.68. The average molecular weight is 207 g/mol. The highest BCUT2D eigenvalue weighted by Crippen LogP contribution is 2.92. The van der Waals surface area contributed by atoms with E-state index in [1.54, 1.807) is 0 Å². The van der Waals surface area contributed by atoms with E-state index >= 15 is 0 Å². The molecule has 1 amide bonds. The summed E-state index contributed by atoms with van der Waals surface area (Å²) in [5.74, 6) is 1.48. The molecule has 2 aliphatic carbocycles. The van der Waals surface area contributed by atoms with Crippen LogP contribution in [0.3, 0.4) is 0 Å². The van der Waals surface area contributed by atoms with Crippen molar-refractivity contribution in [2.45, 2.75) is 47.1 Å². The van der Waals surface area contributed by atoms with Gasteiger partial charge in [0.25, 0.3) is 0 Å². The summed E-state index contributed by atoms with van der Waals surface area (Å²) in [6, 6.07) is 0. The fourth-order valence-electron chi connectivity index (χ4n) is 5.65. The Morgan fingerprint density at radius 1 is 1.07 bits per heavy atom. The van der Waals surface area contributed by atoms with Crippen LogP contribution in [0.1, 0.15) is 41.5 Å². The van der Waals surface area contributed by atoms with Crippen LogP contribution in [-0.4, -0.2) is 11.4 Å². The monoisotopic (exact) mass is 207 g/mol. The van der Waals surface area contributed by atoms with Crippen LogP contribution >= 0.6 is 0 Å². The van der Waals surface area contributed by atoms with E-state index in [-0.39, 0.29) is 27.7 Å². The van der Waals surface area contributed by atoms with Crippen molar-refractivity contribution in [3.05, 3.63) is 0 Å². The molecule has 0 unspecified atom stereocenters. The van der Waals surface area contributed by atoms with Gasteiger partial charge in [0.1, 0.15) is 0 Å². The lowest BCUT2D eigenvalue weighted by Crippen LogP contribution is -2.49. The van der Waals surface area contributed by atoms with E-state index in [1.807, 2.05) is 0 Å². The lowest BCUT2D eigenvalue weighted by molar-refractivity contribution is -0.126. The van der Waals surface area contributed by atoms with E-state index in [0.29, 0.717) is 11.8 Å². The number of hydrogen-bond acceptors (Lipinski definition) is 1. The molecule has 1 heterocycles. The molecule has 1 N–H and O–H groups in total. The van der Waals surface area contributed by atoms with Gasteiger partial charge in [0.15, 0.2) is 0 Å². The normalized spacial score (nSPS) is 70.4. The van der Waals surface area contributed by atoms with E-state index in [2.05, 4.69) is 46.9 Å². The van der Waals surface area contributed by atoms with E-state index in [1.165, 1.54) is 0 Å². The number of fused-ring (bicyclic) bond motifs is 1. The number of nitrogens with one attached hydrogen (secondary N) is 1. The summed E-state index contributed by atoms with van der Waals surface area (Å²) in [5, 5.41) is 3.27. The molecule has 6 atom stereocenters. The molecule has 3 fully saturated rings. The van der Waals surface area contributed by atoms with Gasteiger partial charge in [0.05, 0.1) is 5.41 Å². The van der Waals surface area contributed by atoms with Crippen molar-refractivity contribution in [2.75, 3.05) is 0 Å². The third-order valence-corrected chi connectivity index (χ3v) is 7.45. The van der Waals surface area contributed by atoms with Gasteiger partial charge in [0.2, 0.25) is 5.91 Å². The molecule has 0 spiro atoms. The van der Waals surface area contributed by atoms with Gasteiger partial charge in [-0.05, 0) is 31.1 Å². The molecule has 1 aliphatic heterocycles. The van der Waals surface area contributed by atoms with Crippen molar-refractivity contribution >= 4 is 5.91 Å². The molecule has 84 valence electrons. The summed E-state index contributed by atoms with van der Waals surface area (Å²) in [6.07, 6.45) is 0. The van der Waals surface area contributed by atoms with E-state index < -0.39 is 0 Å². The van der Waals surface area contributed by atoms with Gasteiger partial charge < -0.3 is 5.32 Å². The fourth-order valence-corrected chi connectivity index (χ4v) is 5.65. The van der Waals surface area contributed by atoms with E-state index in [0.717, 1.165) is 0 Å². The van der Waals surface area contributed by atoms with Crippen molar-refractivity contribution in [3.8, 4) is 0 Å². The maximum Gasteiger partial charge on any atom is 0.227 e. The number of carbonyl (C=O) groups is 1. The molecular formula is C13H21NO. The predicted octanol–water partition coefficient (Wildman–Crippen LogP) is 2.19. The Balaban J connectivity index is 2.29. The van der Waals surface area contributed by atoms with Crippen molar-refractivity contribution in [3.63, 3.8) is 0 Å². The van der Waals surface area contributed by atoms with Crippen LogP contribution in [0.4, 0.5) is 0 Å². The van der Waals surface area contributed by atoms with Crippen molar-refractivity contribution in [1.29, 1.82) is 0 Å². The summed E-state index contributed by atoms with van der Waals surface area (Å²) in [6.45, 7) is 13.6. The highest BCUT2D eigenvalue weighted by Gasteiger charge is 2.97. The molecule has 0 bridgehead atoms. The summed E-state index contributed by atoms with van der Waals surface area (Å²) in [5.41, 5.74) is 0.243. The van der Waals surface area contributed by atoms with Gasteiger partial charge in [0, 0.05) is 11.0 Å². The topological polar surface area (TPSA) is 29.1 Å². The number of amides is 1. The van der Waals surface area contributed by atoms with E-state index in [9.17, 15) is 4.79 Å². The number of carbonyl (C=O) groups excluding carboxylic acids is 1. The maximum atomic E-state index is 12.2. The second kappa shape index (κ2) is 1.87. The smallest absolute Gasteiger partial charge is 0.227 e. The zero-order chi connectivity index (χ0) is 11.4. The van der Waals surface area contributed by atoms with Gasteiger partial charge in [-0.2, -0.15) is 0 Å². The van der Waals surface area contributed by atoms with Crippen molar-refractivity contribution in [1.82, 2.24) is 5.32 Å². The molecular weight excluding hydrogens is 186 g/mol. The molecule has 0 aromatic heterocycles. The molecule has 1 saturated heterocycles. The van der Waals surface area contributed by atoms with Crippen molar-refractivity contribution in [2.24, 2.45) is 28.1 Å². The van der Waals surface area contributed by atoms with Crippen LogP contribution in [0.15, 0.2) is 0 Å². The Morgan fingerprint density at radius 3 is 2.00 bits per heavy atom. The number of piperidine rings is 1. The number of hydrogen-bond donors (Lipinski definition) is 1. The van der Waals surface area contributed by atoms with Crippen LogP contribution in [0.2, 0.25) is 0 Å². The minimum absolute atomic E-state index is 0.00694. The Morgan fingerprint density at radius 2 is 1.60 bits per heavy atom. The Kier molecular flexibility index (Phi) is 1.21. The lowest BCUT2D eigenvalue weighted by atomic mass is 9.73. The molecule has 3 aliphatic rings. The first-order chi connectivity index (χ1) is 6.69. The van der Waals surface area contributed by atoms with Crippen LogP contribution in [0, 0.1) is 28.1 Å². The molecule has 2 heteroatoms. The third-order valence-electron chi connectivity index (χ3n) is 7.45. The first-order valence-corrected chi connectivity index (χ1v) is 6.02. The molecule has 0 aromatic carbocycles. The second-order valence-electron chi connectivity index (χ2n) is 6.69. The molecule has 0 radical (unpaired) electrons. The van der Waals surface area contributed by atoms with Gasteiger partial charge in [-0.15, -0.1) is 0 Å². The fraction of sp³-hybridized carbons (Fsp3) is 0.923. The standard InChI is InChI=1S/C13H21NO/c1-7-8(2)12(5)13(6)10(7,3)11(13,4)9(15)14-12/h7-8H,1-6H3,(H,14,15)/t7-,8+,10-,11-,12-,13+/m0/s1. The van der Waals surface area contributed by atoms with E-state index in [4.69, 9.17) is 0 Å². The summed E-state index contributed by atoms with van der Waals surface area (Å²) in [7, 11) is 0. The Labute approximate surface area is 91.8 Å². The van der Waals surface area contributed by atoms with Crippen molar-refractivity contribution < 1.29 is 4.79 Å². The SMILES string of the molecule is C[C@@H]1[C@H](C)[C@@]2(C)[C@]3(C)C(=O)N[C@]1(C)[C@@]32C. The molecule has 2 saturated carbocycles. The predicted molar refractivity (Wildman–Crippen MR) is 59.2 cm³/mol. The Hall–Kier alpha value is -0.530. The zero-order valence-electron chi connectivity index (χ0n) is 10.6. The lowest BCUT2D eigenvalue weighted by Gasteiger charge is -2.35. The third kappa shape index (κ3) is 0.485. The highest BCUT2D eigenvalue weighted by molar-refractivity contribution is 5.95. The quantitative estimate of drug-likeness (QED) is 0.648. The minimum atomic E-state index is -0.124. The van der Waals surface area contributed by atoms with Gasteiger partial charge in [-0.1, -0.05) is 27.7 Å². The average Bonchev–Trinajstić information content (AvgIpc) is 2.48. The summed E-state index contributed by atoms with van der Waals surface area (Å²) >= 11 is 0. The zero-order valence-corrected chi connectivity index (χ0v) is 10.6. The van der Waals surface area contributed by atoms with Crippen LogP contribution in [0.5, 0.6) is 0 Å². The summed E-state index contributed by atoms with van der Waals surface area (Å²) < 4.78 is 0. The highest BCUT2D eigenvalue weighted by atomic mass is 16.2. The maximum absolute atomic E-state index is 12.2. The first-order valence-electron chi connectivity index (χ1n) is 6.02. The minimum Gasteiger partial charge on any atom is -0.350 e. The van der Waals surface area contributed by atoms with Gasteiger partial charge in [-0.25, -0.2) is 0 Å². The summed E-state index contributed by atoms with van der Waals surface area (Å²) in [4.78, 5) is 12.2. The van der Waals surface area contributed by atoms with Gasteiger partial charge >= 0.3 is 0 Å². The molecule has 0 aromatic rings.